The SMILES string of the molecule is CCN1CCCC1CNC(=NCC(O)c1ccccc1)NCCc1ccco1.I. The zero-order valence-corrected chi connectivity index (χ0v) is 19.4. The molecule has 0 spiro atoms. The van der Waals surface area contributed by atoms with Crippen LogP contribution in [0.3, 0.4) is 0 Å². The molecule has 2 atom stereocenters. The lowest BCUT2D eigenvalue weighted by Crippen LogP contribution is -2.45. The molecule has 2 aromatic rings. The maximum absolute atomic E-state index is 10.4. The van der Waals surface area contributed by atoms with Crippen LogP contribution in [0.5, 0.6) is 0 Å². The van der Waals surface area contributed by atoms with E-state index in [-0.39, 0.29) is 24.0 Å². The molecule has 6 nitrogen and oxygen atoms in total. The van der Waals surface area contributed by atoms with Crippen molar-refractivity contribution in [2.24, 2.45) is 4.99 Å². The molecule has 1 aliphatic rings. The van der Waals surface area contributed by atoms with Gasteiger partial charge in [-0.1, -0.05) is 37.3 Å². The third kappa shape index (κ3) is 7.64. The summed E-state index contributed by atoms with van der Waals surface area (Å²) in [5.41, 5.74) is 0.883. The van der Waals surface area contributed by atoms with Gasteiger partial charge in [-0.2, -0.15) is 0 Å². The number of hydrogen-bond acceptors (Lipinski definition) is 4. The maximum Gasteiger partial charge on any atom is 0.191 e. The zero-order valence-electron chi connectivity index (χ0n) is 17.1. The standard InChI is InChI=1S/C22H32N4O2.HI/c1-2-26-14-6-10-19(26)16-24-22(23-13-12-20-11-7-15-28-20)25-17-21(27)18-8-4-3-5-9-18;/h3-5,7-9,11,15,19,21,27H,2,6,10,12-14,16-17H2,1H3,(H2,23,24,25);1H. The predicted octanol–water partition coefficient (Wildman–Crippen LogP) is 3.19. The Morgan fingerprint density at radius 2 is 2.07 bits per heavy atom. The van der Waals surface area contributed by atoms with Crippen LogP contribution in [-0.2, 0) is 6.42 Å². The van der Waals surface area contributed by atoms with Crippen LogP contribution in [0.4, 0.5) is 0 Å². The minimum Gasteiger partial charge on any atom is -0.469 e. The van der Waals surface area contributed by atoms with Gasteiger partial charge < -0.3 is 20.2 Å². The van der Waals surface area contributed by atoms with Crippen molar-refractivity contribution in [1.29, 1.82) is 0 Å². The summed E-state index contributed by atoms with van der Waals surface area (Å²) in [6, 6.07) is 14.1. The van der Waals surface area contributed by atoms with Crippen LogP contribution < -0.4 is 10.6 Å². The molecule has 2 unspecified atom stereocenters. The fourth-order valence-corrected chi connectivity index (χ4v) is 3.65. The Labute approximate surface area is 190 Å². The topological polar surface area (TPSA) is 73.0 Å². The molecule has 1 aromatic heterocycles. The van der Waals surface area contributed by atoms with Gasteiger partial charge >= 0.3 is 0 Å². The maximum atomic E-state index is 10.4. The fraction of sp³-hybridized carbons (Fsp3) is 0.500. The lowest BCUT2D eigenvalue weighted by Gasteiger charge is -2.24. The summed E-state index contributed by atoms with van der Waals surface area (Å²) in [6.45, 7) is 6.38. The number of aliphatic imine (C=N–C) groups is 1. The largest absolute Gasteiger partial charge is 0.469 e. The van der Waals surface area contributed by atoms with E-state index in [0.717, 1.165) is 43.3 Å². The van der Waals surface area contributed by atoms with Gasteiger partial charge in [-0.25, -0.2) is 0 Å². The molecule has 2 heterocycles. The van der Waals surface area contributed by atoms with Crippen molar-refractivity contribution < 1.29 is 9.52 Å². The summed E-state index contributed by atoms with van der Waals surface area (Å²) in [7, 11) is 0. The zero-order chi connectivity index (χ0) is 19.6. The molecule has 3 rings (SSSR count). The van der Waals surface area contributed by atoms with Crippen LogP contribution in [0.25, 0.3) is 0 Å². The lowest BCUT2D eigenvalue weighted by atomic mass is 10.1. The molecule has 29 heavy (non-hydrogen) atoms. The van der Waals surface area contributed by atoms with Gasteiger partial charge in [0, 0.05) is 25.6 Å². The summed E-state index contributed by atoms with van der Waals surface area (Å²) >= 11 is 0. The van der Waals surface area contributed by atoms with Crippen molar-refractivity contribution in [2.45, 2.75) is 38.3 Å². The first-order valence-corrected chi connectivity index (χ1v) is 10.3. The summed E-state index contributed by atoms with van der Waals surface area (Å²) in [5.74, 6) is 1.69. The highest BCUT2D eigenvalue weighted by atomic mass is 127. The molecule has 7 heteroatoms. The second-order valence-corrected chi connectivity index (χ2v) is 7.18. The van der Waals surface area contributed by atoms with Gasteiger partial charge in [-0.15, -0.1) is 24.0 Å². The van der Waals surface area contributed by atoms with Crippen LogP contribution in [0.2, 0.25) is 0 Å². The predicted molar refractivity (Wildman–Crippen MR) is 128 cm³/mol. The summed E-state index contributed by atoms with van der Waals surface area (Å²) in [5, 5.41) is 17.3. The van der Waals surface area contributed by atoms with Crippen molar-refractivity contribution in [3.05, 3.63) is 60.1 Å². The number of likely N-dealkylation sites (tertiary alicyclic amines) is 1. The number of aliphatic hydroxyl groups is 1. The van der Waals surface area contributed by atoms with Crippen LogP contribution in [-0.4, -0.2) is 54.7 Å². The van der Waals surface area contributed by atoms with Gasteiger partial charge in [-0.3, -0.25) is 9.89 Å². The molecule has 0 bridgehead atoms. The highest BCUT2D eigenvalue weighted by Crippen LogP contribution is 2.15. The average Bonchev–Trinajstić information content (AvgIpc) is 3.41. The number of likely N-dealkylation sites (N-methyl/N-ethyl adjacent to an activating group) is 1. The van der Waals surface area contributed by atoms with E-state index in [1.165, 1.54) is 19.4 Å². The molecule has 160 valence electrons. The second kappa shape index (κ2) is 12.9. The molecule has 1 aromatic carbocycles. The quantitative estimate of drug-likeness (QED) is 0.274. The Morgan fingerprint density at radius 3 is 2.79 bits per heavy atom. The minimum atomic E-state index is -0.608. The number of nitrogens with zero attached hydrogens (tertiary/aromatic N) is 2. The van der Waals surface area contributed by atoms with Gasteiger partial charge in [0.25, 0.3) is 0 Å². The molecule has 0 saturated carbocycles. The third-order valence-corrected chi connectivity index (χ3v) is 5.26. The number of nitrogens with one attached hydrogen (secondary N) is 2. The summed E-state index contributed by atoms with van der Waals surface area (Å²) in [6.07, 6.45) is 4.35. The Bertz CT molecular complexity index is 709. The molecule has 3 N–H and O–H groups in total. The highest BCUT2D eigenvalue weighted by Gasteiger charge is 2.22. The Balaban J connectivity index is 0.00000300. The van der Waals surface area contributed by atoms with E-state index in [2.05, 4.69) is 27.4 Å². The molecule has 0 aliphatic carbocycles. The number of rotatable bonds is 9. The lowest BCUT2D eigenvalue weighted by molar-refractivity contribution is 0.187. The number of furan rings is 1. The summed E-state index contributed by atoms with van der Waals surface area (Å²) in [4.78, 5) is 7.13. The van der Waals surface area contributed by atoms with E-state index in [1.807, 2.05) is 42.5 Å². The third-order valence-electron chi connectivity index (χ3n) is 5.26. The van der Waals surface area contributed by atoms with Gasteiger partial charge in [-0.05, 0) is 43.6 Å². The van der Waals surface area contributed by atoms with Crippen molar-refractivity contribution >= 4 is 29.9 Å². The normalized spacial score (nSPS) is 18.3. The van der Waals surface area contributed by atoms with E-state index >= 15 is 0 Å². The van der Waals surface area contributed by atoms with Crippen LogP contribution >= 0.6 is 24.0 Å². The molecule has 0 radical (unpaired) electrons. The monoisotopic (exact) mass is 512 g/mol. The van der Waals surface area contributed by atoms with Crippen molar-refractivity contribution in [3.8, 4) is 0 Å². The number of hydrogen-bond donors (Lipinski definition) is 3. The molecule has 1 saturated heterocycles. The van der Waals surface area contributed by atoms with Crippen molar-refractivity contribution in [3.63, 3.8) is 0 Å². The highest BCUT2D eigenvalue weighted by molar-refractivity contribution is 14.0. The number of benzene rings is 1. The Hall–Kier alpha value is -1.58. The Kier molecular flexibility index (Phi) is 10.5. The minimum absolute atomic E-state index is 0. The van der Waals surface area contributed by atoms with E-state index in [1.54, 1.807) is 6.26 Å². The summed E-state index contributed by atoms with van der Waals surface area (Å²) < 4.78 is 5.39. The van der Waals surface area contributed by atoms with Gasteiger partial charge in [0.2, 0.25) is 0 Å². The molecular formula is C22H33IN4O2. The van der Waals surface area contributed by atoms with Crippen LogP contribution in [0, 0.1) is 0 Å². The second-order valence-electron chi connectivity index (χ2n) is 7.18. The smallest absolute Gasteiger partial charge is 0.191 e. The van der Waals surface area contributed by atoms with E-state index < -0.39 is 6.10 Å². The van der Waals surface area contributed by atoms with E-state index in [4.69, 9.17) is 4.42 Å². The van der Waals surface area contributed by atoms with Crippen LogP contribution in [0.15, 0.2) is 58.1 Å². The molecular weight excluding hydrogens is 479 g/mol. The van der Waals surface area contributed by atoms with E-state index in [0.29, 0.717) is 12.6 Å². The van der Waals surface area contributed by atoms with Crippen molar-refractivity contribution in [1.82, 2.24) is 15.5 Å². The first kappa shape index (κ1) is 23.7. The first-order valence-electron chi connectivity index (χ1n) is 10.3. The van der Waals surface area contributed by atoms with Gasteiger partial charge in [0.05, 0.1) is 18.9 Å². The number of halogens is 1. The van der Waals surface area contributed by atoms with Crippen LogP contribution in [0.1, 0.15) is 37.2 Å². The average molecular weight is 512 g/mol. The fourth-order valence-electron chi connectivity index (χ4n) is 3.65. The first-order chi connectivity index (χ1) is 13.8. The van der Waals surface area contributed by atoms with Crippen molar-refractivity contribution in [2.75, 3.05) is 32.7 Å². The Morgan fingerprint density at radius 1 is 1.24 bits per heavy atom. The molecule has 0 amide bonds. The van der Waals surface area contributed by atoms with Gasteiger partial charge in [0.1, 0.15) is 5.76 Å². The van der Waals surface area contributed by atoms with E-state index in [9.17, 15) is 5.11 Å². The molecule has 1 fully saturated rings. The van der Waals surface area contributed by atoms with Gasteiger partial charge in [0.15, 0.2) is 5.96 Å². The molecule has 1 aliphatic heterocycles. The number of guanidine groups is 1. The number of aliphatic hydroxyl groups excluding tert-OH is 1.